The topological polar surface area (TPSA) is 56.3 Å². The summed E-state index contributed by atoms with van der Waals surface area (Å²) in [5.41, 5.74) is 0.686. The van der Waals surface area contributed by atoms with Crippen LogP contribution < -0.4 is 0 Å². The van der Waals surface area contributed by atoms with Crippen LogP contribution in [0, 0.1) is 0 Å². The van der Waals surface area contributed by atoms with Crippen LogP contribution >= 0.6 is 0 Å². The third kappa shape index (κ3) is 2.45. The molecule has 0 saturated carbocycles. The highest BCUT2D eigenvalue weighted by Crippen LogP contribution is 2.22. The Hall–Kier alpha value is -1.46. The van der Waals surface area contributed by atoms with Crippen molar-refractivity contribution in [3.05, 3.63) is 36.5 Å². The van der Waals surface area contributed by atoms with Crippen LogP contribution in [-0.2, 0) is 14.6 Å². The first kappa shape index (κ1) is 12.0. The van der Waals surface area contributed by atoms with Crippen molar-refractivity contribution in [3.8, 4) is 0 Å². The van der Waals surface area contributed by atoms with Gasteiger partial charge in [-0.1, -0.05) is 6.07 Å². The summed E-state index contributed by atoms with van der Waals surface area (Å²) in [7, 11) is -1.83. The minimum Gasteiger partial charge on any atom is -0.384 e. The minimum absolute atomic E-state index is 0.0164. The number of rotatable bonds is 4. The molecule has 0 radical (unpaired) electrons. The Morgan fingerprint density at radius 3 is 2.82 bits per heavy atom. The van der Waals surface area contributed by atoms with Crippen molar-refractivity contribution in [2.24, 2.45) is 0 Å². The van der Waals surface area contributed by atoms with Gasteiger partial charge in [0, 0.05) is 18.7 Å². The van der Waals surface area contributed by atoms with Gasteiger partial charge < -0.3 is 4.74 Å². The summed E-state index contributed by atoms with van der Waals surface area (Å²) < 4.78 is 29.0. The second-order valence-corrected chi connectivity index (χ2v) is 5.72. The van der Waals surface area contributed by atoms with Crippen LogP contribution in [0.5, 0.6) is 0 Å². The Balaban J connectivity index is 2.55. The van der Waals surface area contributed by atoms with E-state index in [-0.39, 0.29) is 12.4 Å². The zero-order chi connectivity index (χ0) is 12.3. The lowest BCUT2D eigenvalue weighted by molar-refractivity contribution is 0.217. The molecule has 2 rings (SSSR count). The van der Waals surface area contributed by atoms with Crippen LogP contribution in [0.25, 0.3) is 10.9 Å². The number of pyridine rings is 1. The summed E-state index contributed by atoms with van der Waals surface area (Å²) in [5.74, 6) is -0.0164. The number of methoxy groups -OCH3 is 1. The molecular formula is C12H13NO3S. The molecule has 17 heavy (non-hydrogen) atoms. The highest BCUT2D eigenvalue weighted by atomic mass is 32.2. The smallest absolute Gasteiger partial charge is 0.181 e. The molecule has 0 amide bonds. The molecular weight excluding hydrogens is 238 g/mol. The third-order valence-electron chi connectivity index (χ3n) is 2.50. The predicted molar refractivity (Wildman–Crippen MR) is 65.7 cm³/mol. The number of ether oxygens (including phenoxy) is 1. The Morgan fingerprint density at radius 2 is 2.06 bits per heavy atom. The number of nitrogens with zero attached hydrogens (tertiary/aromatic N) is 1. The second kappa shape index (κ2) is 4.81. The molecule has 2 aromatic rings. The van der Waals surface area contributed by atoms with Gasteiger partial charge >= 0.3 is 0 Å². The number of fused-ring (bicyclic) bond motifs is 1. The molecule has 0 atom stereocenters. The molecule has 1 aromatic heterocycles. The van der Waals surface area contributed by atoms with Crippen LogP contribution in [0.15, 0.2) is 41.4 Å². The second-order valence-electron chi connectivity index (χ2n) is 3.64. The Labute approximate surface area is 100 Å². The highest BCUT2D eigenvalue weighted by molar-refractivity contribution is 7.91. The van der Waals surface area contributed by atoms with E-state index in [1.165, 1.54) is 7.11 Å². The number of hydrogen-bond donors (Lipinski definition) is 0. The van der Waals surface area contributed by atoms with Gasteiger partial charge in [0.25, 0.3) is 0 Å². The average molecular weight is 251 g/mol. The molecule has 0 N–H and O–H groups in total. The maximum absolute atomic E-state index is 12.1. The molecule has 0 fully saturated rings. The van der Waals surface area contributed by atoms with E-state index >= 15 is 0 Å². The summed E-state index contributed by atoms with van der Waals surface area (Å²) in [4.78, 5) is 4.46. The van der Waals surface area contributed by atoms with Crippen molar-refractivity contribution in [3.63, 3.8) is 0 Å². The first-order valence-electron chi connectivity index (χ1n) is 5.20. The normalized spacial score (nSPS) is 11.8. The fraction of sp³-hybridized carbons (Fsp3) is 0.250. The summed E-state index contributed by atoms with van der Waals surface area (Å²) in [5, 5.41) is 0.658. The predicted octanol–water partition coefficient (Wildman–Crippen LogP) is 1.65. The summed E-state index contributed by atoms with van der Waals surface area (Å²) in [6.07, 6.45) is 1.65. The molecule has 0 unspecified atom stereocenters. The van der Waals surface area contributed by atoms with Gasteiger partial charge in [-0.2, -0.15) is 0 Å². The number of hydrogen-bond acceptors (Lipinski definition) is 4. The van der Waals surface area contributed by atoms with E-state index in [1.54, 1.807) is 36.5 Å². The van der Waals surface area contributed by atoms with Crippen LogP contribution in [0.4, 0.5) is 0 Å². The molecule has 1 heterocycles. The van der Waals surface area contributed by atoms with Crippen molar-refractivity contribution in [1.29, 1.82) is 0 Å². The van der Waals surface area contributed by atoms with Gasteiger partial charge in [-0.15, -0.1) is 0 Å². The molecule has 0 spiro atoms. The van der Waals surface area contributed by atoms with Crippen LogP contribution in [-0.4, -0.2) is 32.9 Å². The van der Waals surface area contributed by atoms with Crippen molar-refractivity contribution in [2.45, 2.75) is 4.90 Å². The Kier molecular flexibility index (Phi) is 3.40. The first-order valence-corrected chi connectivity index (χ1v) is 6.86. The van der Waals surface area contributed by atoms with Crippen molar-refractivity contribution in [2.75, 3.05) is 19.5 Å². The van der Waals surface area contributed by atoms with Gasteiger partial charge in [0.15, 0.2) is 9.84 Å². The maximum Gasteiger partial charge on any atom is 0.181 e. The average Bonchev–Trinajstić information content (AvgIpc) is 2.36. The monoisotopic (exact) mass is 251 g/mol. The summed E-state index contributed by atoms with van der Waals surface area (Å²) in [6, 6.07) is 8.61. The van der Waals surface area contributed by atoms with E-state index < -0.39 is 9.84 Å². The molecule has 0 bridgehead atoms. The fourth-order valence-electron chi connectivity index (χ4n) is 1.65. The van der Waals surface area contributed by atoms with E-state index in [1.807, 2.05) is 0 Å². The lowest BCUT2D eigenvalue weighted by atomic mass is 10.2. The zero-order valence-electron chi connectivity index (χ0n) is 9.46. The van der Waals surface area contributed by atoms with E-state index in [2.05, 4.69) is 4.98 Å². The molecule has 0 aliphatic heterocycles. The Morgan fingerprint density at radius 1 is 1.24 bits per heavy atom. The quantitative estimate of drug-likeness (QED) is 0.829. The molecule has 5 heteroatoms. The van der Waals surface area contributed by atoms with E-state index in [4.69, 9.17) is 4.74 Å². The largest absolute Gasteiger partial charge is 0.384 e. The van der Waals surface area contributed by atoms with Gasteiger partial charge in [-0.25, -0.2) is 8.42 Å². The summed E-state index contributed by atoms with van der Waals surface area (Å²) >= 11 is 0. The van der Waals surface area contributed by atoms with Crippen LogP contribution in [0.1, 0.15) is 0 Å². The van der Waals surface area contributed by atoms with Crippen LogP contribution in [0.2, 0.25) is 0 Å². The van der Waals surface area contributed by atoms with E-state index in [9.17, 15) is 8.42 Å². The van der Waals surface area contributed by atoms with Gasteiger partial charge in [0.05, 0.1) is 22.8 Å². The molecule has 0 aliphatic carbocycles. The standard InChI is InChI=1S/C12H13NO3S/c1-16-8-9-17(14,15)12-6-2-5-11-10(12)4-3-7-13-11/h2-7H,8-9H2,1H3. The molecule has 4 nitrogen and oxygen atoms in total. The molecule has 90 valence electrons. The third-order valence-corrected chi connectivity index (χ3v) is 4.23. The Bertz CT molecular complexity index is 617. The first-order chi connectivity index (χ1) is 8.15. The van der Waals surface area contributed by atoms with Crippen molar-refractivity contribution >= 4 is 20.7 Å². The molecule has 1 aromatic carbocycles. The van der Waals surface area contributed by atoms with Crippen LogP contribution in [0.3, 0.4) is 0 Å². The van der Waals surface area contributed by atoms with Gasteiger partial charge in [0.2, 0.25) is 0 Å². The lowest BCUT2D eigenvalue weighted by Crippen LogP contribution is -2.11. The summed E-state index contributed by atoms with van der Waals surface area (Å²) in [6.45, 7) is 0.193. The maximum atomic E-state index is 12.1. The van der Waals surface area contributed by atoms with E-state index in [0.717, 1.165) is 0 Å². The zero-order valence-corrected chi connectivity index (χ0v) is 10.3. The highest BCUT2D eigenvalue weighted by Gasteiger charge is 2.17. The number of aromatic nitrogens is 1. The van der Waals surface area contributed by atoms with Gasteiger partial charge in [-0.3, -0.25) is 4.98 Å². The van der Waals surface area contributed by atoms with Gasteiger partial charge in [0.1, 0.15) is 0 Å². The lowest BCUT2D eigenvalue weighted by Gasteiger charge is -2.06. The number of benzene rings is 1. The van der Waals surface area contributed by atoms with Gasteiger partial charge in [-0.05, 0) is 24.3 Å². The van der Waals surface area contributed by atoms with E-state index in [0.29, 0.717) is 15.8 Å². The molecule has 0 saturated heterocycles. The van der Waals surface area contributed by atoms with Crippen molar-refractivity contribution < 1.29 is 13.2 Å². The number of sulfone groups is 1. The SMILES string of the molecule is COCCS(=O)(=O)c1cccc2ncccc12. The minimum atomic E-state index is -3.31. The molecule has 0 aliphatic rings. The van der Waals surface area contributed by atoms with Crippen molar-refractivity contribution in [1.82, 2.24) is 4.98 Å². The fourth-order valence-corrected chi connectivity index (χ4v) is 3.05.